The Morgan fingerprint density at radius 2 is 2.08 bits per heavy atom. The number of anilines is 1. The number of ether oxygens (including phenoxy) is 1. The van der Waals surface area contributed by atoms with E-state index in [1.807, 2.05) is 19.1 Å². The average Bonchev–Trinajstić information content (AvgIpc) is 2.57. The fourth-order valence-electron chi connectivity index (χ4n) is 2.68. The van der Waals surface area contributed by atoms with Crippen LogP contribution in [-0.2, 0) is 16.0 Å². The van der Waals surface area contributed by atoms with Crippen molar-refractivity contribution in [2.45, 2.75) is 25.9 Å². The highest BCUT2D eigenvalue weighted by atomic mass is 19.1. The van der Waals surface area contributed by atoms with E-state index in [1.54, 1.807) is 24.3 Å². The summed E-state index contributed by atoms with van der Waals surface area (Å²) in [5.41, 5.74) is 2.16. The Morgan fingerprint density at radius 3 is 2.88 bits per heavy atom. The second-order valence-corrected chi connectivity index (χ2v) is 5.99. The van der Waals surface area contributed by atoms with Crippen LogP contribution in [0, 0.1) is 12.7 Å². The van der Waals surface area contributed by atoms with Gasteiger partial charge in [0.2, 0.25) is 5.91 Å². The minimum Gasteiger partial charge on any atom is -0.478 e. The van der Waals surface area contributed by atoms with Gasteiger partial charge in [0.15, 0.2) is 6.10 Å². The number of halogens is 1. The molecule has 6 heteroatoms. The third kappa shape index (κ3) is 4.15. The first-order valence-corrected chi connectivity index (χ1v) is 8.11. The lowest BCUT2D eigenvalue weighted by Crippen LogP contribution is -2.41. The Bertz CT molecular complexity index is 807. The summed E-state index contributed by atoms with van der Waals surface area (Å²) in [6.45, 7) is 2.21. The molecule has 130 valence electrons. The third-order valence-electron chi connectivity index (χ3n) is 4.00. The van der Waals surface area contributed by atoms with Crippen LogP contribution in [0.4, 0.5) is 10.1 Å². The number of hydrogen-bond donors (Lipinski definition) is 2. The van der Waals surface area contributed by atoms with Crippen molar-refractivity contribution >= 4 is 17.5 Å². The Morgan fingerprint density at radius 1 is 1.28 bits per heavy atom. The minimum absolute atomic E-state index is 0.0869. The molecule has 2 aromatic carbocycles. The van der Waals surface area contributed by atoms with Crippen LogP contribution in [0.5, 0.6) is 5.75 Å². The van der Waals surface area contributed by atoms with Crippen molar-refractivity contribution in [3.05, 3.63) is 59.4 Å². The van der Waals surface area contributed by atoms with Crippen molar-refractivity contribution < 1.29 is 18.7 Å². The normalized spacial score (nSPS) is 15.8. The fraction of sp³-hybridized carbons (Fsp3) is 0.263. The van der Waals surface area contributed by atoms with Gasteiger partial charge in [-0.05, 0) is 42.7 Å². The minimum atomic E-state index is -0.872. The van der Waals surface area contributed by atoms with Gasteiger partial charge in [-0.2, -0.15) is 0 Å². The maximum atomic E-state index is 13.5. The highest BCUT2D eigenvalue weighted by Gasteiger charge is 2.29. The zero-order valence-electron chi connectivity index (χ0n) is 13.8. The van der Waals surface area contributed by atoms with Crippen molar-refractivity contribution in [2.24, 2.45) is 0 Å². The average molecular weight is 342 g/mol. The highest BCUT2D eigenvalue weighted by molar-refractivity contribution is 6.00. The van der Waals surface area contributed by atoms with Gasteiger partial charge in [-0.3, -0.25) is 9.59 Å². The summed E-state index contributed by atoms with van der Waals surface area (Å²) >= 11 is 0. The number of benzene rings is 2. The van der Waals surface area contributed by atoms with Crippen molar-refractivity contribution in [2.75, 3.05) is 11.9 Å². The van der Waals surface area contributed by atoms with Crippen molar-refractivity contribution in [3.8, 4) is 5.75 Å². The van der Waals surface area contributed by atoms with Gasteiger partial charge in [-0.25, -0.2) is 4.39 Å². The summed E-state index contributed by atoms with van der Waals surface area (Å²) in [5.74, 6) is -0.401. The second-order valence-electron chi connectivity index (χ2n) is 5.99. The molecular formula is C19H19FN2O3. The maximum Gasteiger partial charge on any atom is 0.266 e. The van der Waals surface area contributed by atoms with Gasteiger partial charge in [0.25, 0.3) is 5.91 Å². The van der Waals surface area contributed by atoms with E-state index in [0.29, 0.717) is 30.0 Å². The first-order chi connectivity index (χ1) is 12.0. The summed E-state index contributed by atoms with van der Waals surface area (Å²) in [6, 6.07) is 11.9. The Hall–Kier alpha value is -2.89. The van der Waals surface area contributed by atoms with Crippen LogP contribution in [0.1, 0.15) is 17.5 Å². The van der Waals surface area contributed by atoms with E-state index >= 15 is 0 Å². The van der Waals surface area contributed by atoms with E-state index in [1.165, 1.54) is 6.07 Å². The Balaban J connectivity index is 1.52. The van der Waals surface area contributed by atoms with Gasteiger partial charge in [-0.1, -0.05) is 24.3 Å². The summed E-state index contributed by atoms with van der Waals surface area (Å²) in [5, 5.41) is 5.45. The fourth-order valence-corrected chi connectivity index (χ4v) is 2.68. The monoisotopic (exact) mass is 342 g/mol. The van der Waals surface area contributed by atoms with E-state index in [-0.39, 0.29) is 24.1 Å². The van der Waals surface area contributed by atoms with Crippen LogP contribution in [0.2, 0.25) is 0 Å². The molecule has 2 amide bonds. The Kier molecular flexibility index (Phi) is 4.97. The summed E-state index contributed by atoms with van der Waals surface area (Å²) in [4.78, 5) is 24.1. The molecule has 1 aliphatic heterocycles. The molecule has 5 nitrogen and oxygen atoms in total. The van der Waals surface area contributed by atoms with E-state index in [4.69, 9.17) is 4.74 Å². The molecule has 0 bridgehead atoms. The summed E-state index contributed by atoms with van der Waals surface area (Å²) < 4.78 is 19.1. The van der Waals surface area contributed by atoms with Crippen LogP contribution < -0.4 is 15.4 Å². The topological polar surface area (TPSA) is 67.4 Å². The molecule has 2 N–H and O–H groups in total. The molecule has 1 atom stereocenters. The van der Waals surface area contributed by atoms with Crippen LogP contribution in [-0.4, -0.2) is 24.5 Å². The molecule has 1 heterocycles. The first-order valence-electron chi connectivity index (χ1n) is 8.11. The van der Waals surface area contributed by atoms with Gasteiger partial charge < -0.3 is 15.4 Å². The number of amides is 2. The van der Waals surface area contributed by atoms with E-state index < -0.39 is 6.10 Å². The van der Waals surface area contributed by atoms with Crippen molar-refractivity contribution in [1.82, 2.24) is 5.32 Å². The van der Waals surface area contributed by atoms with Crippen LogP contribution >= 0.6 is 0 Å². The molecule has 0 aliphatic carbocycles. The summed E-state index contributed by atoms with van der Waals surface area (Å²) in [7, 11) is 0. The number of rotatable bonds is 5. The molecular weight excluding hydrogens is 323 g/mol. The lowest BCUT2D eigenvalue weighted by Gasteiger charge is -2.25. The van der Waals surface area contributed by atoms with Crippen molar-refractivity contribution in [1.29, 1.82) is 0 Å². The Labute approximate surface area is 145 Å². The zero-order chi connectivity index (χ0) is 17.8. The van der Waals surface area contributed by atoms with E-state index in [2.05, 4.69) is 10.6 Å². The molecule has 3 rings (SSSR count). The SMILES string of the molecule is Cc1ccc2c(c1)NC(=O)C(CC(=O)NCCc1ccccc1F)O2. The maximum absolute atomic E-state index is 13.5. The predicted octanol–water partition coefficient (Wildman–Crippen LogP) is 2.58. The number of aryl methyl sites for hydroxylation is 1. The van der Waals surface area contributed by atoms with Gasteiger partial charge in [0.05, 0.1) is 12.1 Å². The van der Waals surface area contributed by atoms with E-state index in [9.17, 15) is 14.0 Å². The molecule has 0 spiro atoms. The van der Waals surface area contributed by atoms with Crippen LogP contribution in [0.15, 0.2) is 42.5 Å². The molecule has 1 unspecified atom stereocenters. The number of carbonyl (C=O) groups is 2. The molecule has 0 aromatic heterocycles. The standard InChI is InChI=1S/C19H19FN2O3/c1-12-6-7-16-15(10-12)22-19(24)17(25-16)11-18(23)21-9-8-13-4-2-3-5-14(13)20/h2-7,10,17H,8-9,11H2,1H3,(H,21,23)(H,22,24). The molecule has 0 fully saturated rings. The molecule has 2 aromatic rings. The first kappa shape index (κ1) is 17.0. The molecule has 1 aliphatic rings. The second kappa shape index (κ2) is 7.34. The number of nitrogens with one attached hydrogen (secondary N) is 2. The molecule has 0 radical (unpaired) electrons. The van der Waals surface area contributed by atoms with Crippen LogP contribution in [0.25, 0.3) is 0 Å². The quantitative estimate of drug-likeness (QED) is 0.878. The number of hydrogen-bond acceptors (Lipinski definition) is 3. The van der Waals surface area contributed by atoms with E-state index in [0.717, 1.165) is 5.56 Å². The molecule has 0 saturated heterocycles. The molecule has 25 heavy (non-hydrogen) atoms. The lowest BCUT2D eigenvalue weighted by molar-refractivity contribution is -0.130. The smallest absolute Gasteiger partial charge is 0.266 e. The highest BCUT2D eigenvalue weighted by Crippen LogP contribution is 2.30. The number of carbonyl (C=O) groups excluding carboxylic acids is 2. The number of fused-ring (bicyclic) bond motifs is 1. The van der Waals surface area contributed by atoms with Gasteiger partial charge in [0.1, 0.15) is 11.6 Å². The molecule has 0 saturated carbocycles. The summed E-state index contributed by atoms with van der Waals surface area (Å²) in [6.07, 6.45) is -0.571. The van der Waals surface area contributed by atoms with Gasteiger partial charge in [0, 0.05) is 6.54 Å². The van der Waals surface area contributed by atoms with Crippen LogP contribution in [0.3, 0.4) is 0 Å². The lowest BCUT2D eigenvalue weighted by atomic mass is 10.1. The zero-order valence-corrected chi connectivity index (χ0v) is 13.8. The van der Waals surface area contributed by atoms with Gasteiger partial charge in [-0.15, -0.1) is 0 Å². The third-order valence-corrected chi connectivity index (χ3v) is 4.00. The largest absolute Gasteiger partial charge is 0.478 e. The van der Waals surface area contributed by atoms with Crippen molar-refractivity contribution in [3.63, 3.8) is 0 Å². The van der Waals surface area contributed by atoms with Gasteiger partial charge >= 0.3 is 0 Å². The predicted molar refractivity (Wildman–Crippen MR) is 92.0 cm³/mol.